The van der Waals surface area contributed by atoms with E-state index in [4.69, 9.17) is 4.42 Å². The Labute approximate surface area is 160 Å². The van der Waals surface area contributed by atoms with Crippen molar-refractivity contribution in [1.29, 1.82) is 0 Å². The summed E-state index contributed by atoms with van der Waals surface area (Å²) in [7, 11) is 1.76. The molecular weight excluding hydrogens is 364 g/mol. The van der Waals surface area contributed by atoms with Crippen molar-refractivity contribution >= 4 is 38.5 Å². The Morgan fingerprint density at radius 1 is 1.15 bits per heavy atom. The summed E-state index contributed by atoms with van der Waals surface area (Å²) in [5.74, 6) is 0.257. The zero-order valence-corrected chi connectivity index (χ0v) is 15.8. The van der Waals surface area contributed by atoms with E-state index >= 15 is 0 Å². The predicted octanol–water partition coefficient (Wildman–Crippen LogP) is 2.31. The lowest BCUT2D eigenvalue weighted by Crippen LogP contribution is -2.51. The van der Waals surface area contributed by atoms with Gasteiger partial charge in [0.1, 0.15) is 0 Å². The molecule has 0 spiro atoms. The van der Waals surface area contributed by atoms with E-state index in [1.165, 1.54) is 17.6 Å². The van der Waals surface area contributed by atoms with E-state index < -0.39 is 0 Å². The largest absolute Gasteiger partial charge is 0.459 e. The summed E-state index contributed by atoms with van der Waals surface area (Å²) in [6.07, 6.45) is 1.50. The third kappa shape index (κ3) is 3.72. The number of furan rings is 1. The maximum Gasteiger partial charge on any atom is 0.289 e. The number of carbonyl (C=O) groups is 2. The van der Waals surface area contributed by atoms with E-state index in [2.05, 4.69) is 9.88 Å². The summed E-state index contributed by atoms with van der Waals surface area (Å²) >= 11 is 1.51. The second kappa shape index (κ2) is 7.50. The maximum atomic E-state index is 12.6. The number of piperazine rings is 1. The highest BCUT2D eigenvalue weighted by atomic mass is 32.1. The van der Waals surface area contributed by atoms with Gasteiger partial charge in [-0.3, -0.25) is 19.4 Å². The van der Waals surface area contributed by atoms with Crippen LogP contribution in [0.5, 0.6) is 0 Å². The van der Waals surface area contributed by atoms with Crippen molar-refractivity contribution in [2.24, 2.45) is 0 Å². The van der Waals surface area contributed by atoms with Gasteiger partial charge < -0.3 is 9.32 Å². The van der Waals surface area contributed by atoms with Crippen molar-refractivity contribution in [1.82, 2.24) is 14.8 Å². The molecule has 27 heavy (non-hydrogen) atoms. The van der Waals surface area contributed by atoms with Gasteiger partial charge in [0.25, 0.3) is 5.91 Å². The predicted molar refractivity (Wildman–Crippen MR) is 104 cm³/mol. The van der Waals surface area contributed by atoms with Crippen LogP contribution in [0.1, 0.15) is 10.6 Å². The Bertz CT molecular complexity index is 912. The van der Waals surface area contributed by atoms with Gasteiger partial charge in [0.05, 0.1) is 23.0 Å². The number of hydrogen-bond donors (Lipinski definition) is 0. The first-order chi connectivity index (χ1) is 13.1. The van der Waals surface area contributed by atoms with Crippen LogP contribution in [0.15, 0.2) is 47.1 Å². The van der Waals surface area contributed by atoms with Gasteiger partial charge in [-0.15, -0.1) is 0 Å². The molecule has 140 valence electrons. The topological polar surface area (TPSA) is 69.9 Å². The average molecular weight is 384 g/mol. The molecule has 3 aromatic rings. The molecule has 0 saturated carbocycles. The molecule has 0 N–H and O–H groups in total. The van der Waals surface area contributed by atoms with Gasteiger partial charge in [0.2, 0.25) is 5.91 Å². The minimum absolute atomic E-state index is 0.000123. The fraction of sp³-hybridized carbons (Fsp3) is 0.316. The van der Waals surface area contributed by atoms with E-state index in [0.29, 0.717) is 43.6 Å². The lowest BCUT2D eigenvalue weighted by molar-refractivity contribution is -0.119. The first kappa shape index (κ1) is 17.7. The molecule has 0 radical (unpaired) electrons. The fourth-order valence-corrected chi connectivity index (χ4v) is 4.02. The lowest BCUT2D eigenvalue weighted by Gasteiger charge is -2.34. The lowest BCUT2D eigenvalue weighted by atomic mass is 10.2. The summed E-state index contributed by atoms with van der Waals surface area (Å²) in [6, 6.07) is 11.2. The number of anilines is 1. The van der Waals surface area contributed by atoms with Crippen molar-refractivity contribution in [2.45, 2.75) is 0 Å². The fourth-order valence-electron chi connectivity index (χ4n) is 3.07. The molecule has 1 aliphatic rings. The molecule has 4 rings (SSSR count). The molecule has 7 nitrogen and oxygen atoms in total. The van der Waals surface area contributed by atoms with E-state index in [1.807, 2.05) is 24.3 Å². The van der Waals surface area contributed by atoms with Crippen LogP contribution in [0.25, 0.3) is 10.2 Å². The maximum absolute atomic E-state index is 12.6. The second-order valence-electron chi connectivity index (χ2n) is 6.46. The molecule has 0 bridgehead atoms. The van der Waals surface area contributed by atoms with Crippen molar-refractivity contribution in [2.75, 3.05) is 44.7 Å². The standard InChI is InChI=1S/C19H20N4O3S/c1-21(19-20-14-5-2-3-7-16(14)27-19)17(24)13-22-8-10-23(11-9-22)18(25)15-6-4-12-26-15/h2-7,12H,8-11,13H2,1H3. The molecule has 1 fully saturated rings. The summed E-state index contributed by atoms with van der Waals surface area (Å²) in [5, 5.41) is 0.702. The number of para-hydroxylation sites is 1. The molecule has 2 amide bonds. The van der Waals surface area contributed by atoms with E-state index in [0.717, 1.165) is 10.2 Å². The number of rotatable bonds is 4. The molecule has 0 unspecified atom stereocenters. The normalized spacial score (nSPS) is 15.2. The smallest absolute Gasteiger partial charge is 0.289 e. The molecule has 3 heterocycles. The highest BCUT2D eigenvalue weighted by molar-refractivity contribution is 7.22. The molecule has 8 heteroatoms. The monoisotopic (exact) mass is 384 g/mol. The first-order valence-corrected chi connectivity index (χ1v) is 9.61. The van der Waals surface area contributed by atoms with Crippen LogP contribution in [-0.2, 0) is 4.79 Å². The molecule has 1 aromatic carbocycles. The van der Waals surface area contributed by atoms with Crippen LogP contribution in [0.2, 0.25) is 0 Å². The van der Waals surface area contributed by atoms with Gasteiger partial charge in [0, 0.05) is 33.2 Å². The Morgan fingerprint density at radius 2 is 1.93 bits per heavy atom. The number of carbonyl (C=O) groups excluding carboxylic acids is 2. The van der Waals surface area contributed by atoms with E-state index in [9.17, 15) is 9.59 Å². The van der Waals surface area contributed by atoms with Crippen LogP contribution in [0.4, 0.5) is 5.13 Å². The number of thiazole rings is 1. The van der Waals surface area contributed by atoms with Crippen LogP contribution in [0, 0.1) is 0 Å². The van der Waals surface area contributed by atoms with Crippen LogP contribution >= 0.6 is 11.3 Å². The van der Waals surface area contributed by atoms with Gasteiger partial charge in [-0.05, 0) is 24.3 Å². The van der Waals surface area contributed by atoms with Gasteiger partial charge in [0.15, 0.2) is 10.9 Å². The van der Waals surface area contributed by atoms with Crippen molar-refractivity contribution in [3.63, 3.8) is 0 Å². The number of benzene rings is 1. The van der Waals surface area contributed by atoms with Crippen LogP contribution < -0.4 is 4.90 Å². The zero-order chi connectivity index (χ0) is 18.8. The summed E-state index contributed by atoms with van der Waals surface area (Å²) < 4.78 is 6.24. The summed E-state index contributed by atoms with van der Waals surface area (Å²) in [5.41, 5.74) is 0.905. The Kier molecular flexibility index (Phi) is 4.91. The van der Waals surface area contributed by atoms with Gasteiger partial charge >= 0.3 is 0 Å². The van der Waals surface area contributed by atoms with Gasteiger partial charge in [-0.1, -0.05) is 23.5 Å². The minimum Gasteiger partial charge on any atom is -0.459 e. The molecular formula is C19H20N4O3S. The molecule has 1 aliphatic heterocycles. The molecule has 0 atom stereocenters. The Balaban J connectivity index is 1.33. The second-order valence-corrected chi connectivity index (χ2v) is 7.47. The molecule has 1 saturated heterocycles. The van der Waals surface area contributed by atoms with Crippen LogP contribution in [0.3, 0.4) is 0 Å². The Morgan fingerprint density at radius 3 is 2.63 bits per heavy atom. The number of hydrogen-bond acceptors (Lipinski definition) is 6. The quantitative estimate of drug-likeness (QED) is 0.690. The third-order valence-electron chi connectivity index (χ3n) is 4.69. The van der Waals surface area contributed by atoms with E-state index in [-0.39, 0.29) is 11.8 Å². The number of amides is 2. The Hall–Kier alpha value is -2.71. The number of aromatic nitrogens is 1. The first-order valence-electron chi connectivity index (χ1n) is 8.79. The van der Waals surface area contributed by atoms with Gasteiger partial charge in [-0.25, -0.2) is 4.98 Å². The summed E-state index contributed by atoms with van der Waals surface area (Å²) in [4.78, 5) is 34.9. The number of likely N-dealkylation sites (N-methyl/N-ethyl adjacent to an activating group) is 1. The third-order valence-corrected chi connectivity index (χ3v) is 5.81. The van der Waals surface area contributed by atoms with E-state index in [1.54, 1.807) is 29.0 Å². The minimum atomic E-state index is -0.0995. The molecule has 2 aromatic heterocycles. The molecule has 0 aliphatic carbocycles. The number of nitrogens with zero attached hydrogens (tertiary/aromatic N) is 4. The summed E-state index contributed by atoms with van der Waals surface area (Å²) in [6.45, 7) is 2.79. The van der Waals surface area contributed by atoms with Crippen molar-refractivity contribution < 1.29 is 14.0 Å². The van der Waals surface area contributed by atoms with Crippen molar-refractivity contribution in [3.8, 4) is 0 Å². The number of fused-ring (bicyclic) bond motifs is 1. The van der Waals surface area contributed by atoms with Gasteiger partial charge in [-0.2, -0.15) is 0 Å². The average Bonchev–Trinajstić information content (AvgIpc) is 3.37. The highest BCUT2D eigenvalue weighted by Crippen LogP contribution is 2.27. The zero-order valence-electron chi connectivity index (χ0n) is 15.0. The SMILES string of the molecule is CN(C(=O)CN1CCN(C(=O)c2ccco2)CC1)c1nc2ccccc2s1. The van der Waals surface area contributed by atoms with Crippen LogP contribution in [-0.4, -0.2) is 66.4 Å². The highest BCUT2D eigenvalue weighted by Gasteiger charge is 2.26. The van der Waals surface area contributed by atoms with Crippen molar-refractivity contribution in [3.05, 3.63) is 48.4 Å².